The van der Waals surface area contributed by atoms with Crippen molar-refractivity contribution in [3.8, 4) is 11.3 Å². The maximum atomic E-state index is 14.4. The van der Waals surface area contributed by atoms with Gasteiger partial charge in [-0.2, -0.15) is 9.37 Å². The van der Waals surface area contributed by atoms with Crippen molar-refractivity contribution in [1.29, 1.82) is 0 Å². The Balaban J connectivity index is 1.25. The van der Waals surface area contributed by atoms with Crippen LogP contribution in [-0.4, -0.2) is 66.9 Å². The van der Waals surface area contributed by atoms with Gasteiger partial charge in [0.05, 0.1) is 18.1 Å². The number of nitrogens with zero attached hydrogens (tertiary/aromatic N) is 7. The summed E-state index contributed by atoms with van der Waals surface area (Å²) in [6.07, 6.45) is 8.40. The molecule has 2 fully saturated rings. The number of carbonyl (C=O) groups is 1. The van der Waals surface area contributed by atoms with E-state index in [1.54, 1.807) is 13.1 Å². The van der Waals surface area contributed by atoms with Crippen LogP contribution in [0.15, 0.2) is 48.9 Å². The molecule has 9 nitrogen and oxygen atoms in total. The third-order valence-corrected chi connectivity index (χ3v) is 7.53. The van der Waals surface area contributed by atoms with Crippen LogP contribution in [0.4, 0.5) is 16.0 Å². The van der Waals surface area contributed by atoms with Crippen molar-refractivity contribution in [2.24, 2.45) is 5.92 Å². The fraction of sp³-hybridized carbons (Fsp3) is 0.414. The van der Waals surface area contributed by atoms with Crippen molar-refractivity contribution >= 4 is 23.2 Å². The third-order valence-electron chi connectivity index (χ3n) is 7.53. The molecule has 1 saturated carbocycles. The Morgan fingerprint density at radius 2 is 1.92 bits per heavy atom. The maximum Gasteiger partial charge on any atom is 0.277 e. The molecule has 1 saturated heterocycles. The lowest BCUT2D eigenvalue weighted by molar-refractivity contribution is 0.102. The number of aromatic nitrogens is 5. The van der Waals surface area contributed by atoms with E-state index >= 15 is 0 Å². The van der Waals surface area contributed by atoms with Crippen LogP contribution in [0.3, 0.4) is 0 Å². The van der Waals surface area contributed by atoms with Gasteiger partial charge in [-0.1, -0.05) is 30.3 Å². The van der Waals surface area contributed by atoms with Crippen molar-refractivity contribution in [2.45, 2.75) is 52.1 Å². The normalized spacial score (nSPS) is 17.5. The zero-order valence-electron chi connectivity index (χ0n) is 22.5. The Hall–Kier alpha value is -3.92. The second kappa shape index (κ2) is 10.3. The van der Waals surface area contributed by atoms with E-state index in [1.165, 1.54) is 29.6 Å². The highest BCUT2D eigenvalue weighted by molar-refractivity contribution is 6.02. The molecule has 1 N–H and O–H groups in total. The topological polar surface area (TPSA) is 91.6 Å². The predicted octanol–water partition coefficient (Wildman–Crippen LogP) is 4.59. The van der Waals surface area contributed by atoms with Gasteiger partial charge in [0.25, 0.3) is 11.9 Å². The first-order chi connectivity index (χ1) is 18.9. The van der Waals surface area contributed by atoms with Crippen molar-refractivity contribution in [3.05, 3.63) is 66.3 Å². The van der Waals surface area contributed by atoms with Gasteiger partial charge in [0, 0.05) is 43.5 Å². The van der Waals surface area contributed by atoms with Gasteiger partial charge in [-0.05, 0) is 46.0 Å². The van der Waals surface area contributed by atoms with E-state index in [9.17, 15) is 9.18 Å². The Bertz CT molecular complexity index is 1500. The lowest BCUT2D eigenvalue weighted by Gasteiger charge is -2.29. The number of nitrogens with one attached hydrogen (secondary N) is 1. The second-order valence-electron chi connectivity index (χ2n) is 10.9. The first kappa shape index (κ1) is 25.4. The number of benzene rings is 1. The van der Waals surface area contributed by atoms with Crippen LogP contribution in [0, 0.1) is 18.8 Å². The molecule has 1 aliphatic heterocycles. The zero-order chi connectivity index (χ0) is 27.1. The Morgan fingerprint density at radius 3 is 2.67 bits per heavy atom. The van der Waals surface area contributed by atoms with E-state index in [0.717, 1.165) is 43.5 Å². The van der Waals surface area contributed by atoms with Crippen LogP contribution >= 0.6 is 0 Å². The van der Waals surface area contributed by atoms with Gasteiger partial charge in [0.1, 0.15) is 11.4 Å². The highest BCUT2D eigenvalue weighted by atomic mass is 19.1. The van der Waals surface area contributed by atoms with Gasteiger partial charge in [0.2, 0.25) is 0 Å². The quantitative estimate of drug-likeness (QED) is 0.358. The summed E-state index contributed by atoms with van der Waals surface area (Å²) in [6.45, 7) is 9.23. The summed E-state index contributed by atoms with van der Waals surface area (Å²) in [5, 5.41) is 2.66. The highest BCUT2D eigenvalue weighted by Crippen LogP contribution is 2.34. The molecule has 0 bridgehead atoms. The van der Waals surface area contributed by atoms with Gasteiger partial charge in [-0.15, -0.1) is 0 Å². The van der Waals surface area contributed by atoms with E-state index in [-0.39, 0.29) is 17.2 Å². The molecular formula is C29H33FN8O. The fourth-order valence-corrected chi connectivity index (χ4v) is 5.50. The number of imidazole rings is 1. The van der Waals surface area contributed by atoms with E-state index < -0.39 is 11.9 Å². The number of aryl methyl sites for hydroxylation is 1. The molecule has 0 unspecified atom stereocenters. The van der Waals surface area contributed by atoms with E-state index in [2.05, 4.69) is 38.9 Å². The molecule has 3 aromatic heterocycles. The van der Waals surface area contributed by atoms with Crippen LogP contribution < -0.4 is 10.2 Å². The third kappa shape index (κ3) is 5.34. The minimum absolute atomic E-state index is 0.0716. The average Bonchev–Trinajstić information content (AvgIpc) is 3.53. The summed E-state index contributed by atoms with van der Waals surface area (Å²) in [5.74, 6) is 0.146. The molecule has 0 spiro atoms. The number of hydrogen-bond acceptors (Lipinski definition) is 7. The van der Waals surface area contributed by atoms with Crippen molar-refractivity contribution in [2.75, 3.05) is 29.9 Å². The van der Waals surface area contributed by atoms with Crippen LogP contribution in [0.2, 0.25) is 0 Å². The van der Waals surface area contributed by atoms with Gasteiger partial charge in [-0.25, -0.2) is 15.0 Å². The van der Waals surface area contributed by atoms with Crippen molar-refractivity contribution in [1.82, 2.24) is 29.2 Å². The SMILES string of the molecule is Cc1cn2cc(NC(=O)c3cnc(N4CC[C@@H](CN(C(C)C)C5CC5)C4)c(-c4ccccc4)n3)nc(F)c2n1. The number of halogens is 1. The minimum Gasteiger partial charge on any atom is -0.354 e. The van der Waals surface area contributed by atoms with E-state index in [0.29, 0.717) is 23.3 Å². The van der Waals surface area contributed by atoms with Crippen LogP contribution in [0.1, 0.15) is 49.3 Å². The molecule has 1 aromatic carbocycles. The average molecular weight is 529 g/mol. The maximum absolute atomic E-state index is 14.4. The first-order valence-electron chi connectivity index (χ1n) is 13.6. The van der Waals surface area contributed by atoms with E-state index in [4.69, 9.17) is 9.97 Å². The van der Waals surface area contributed by atoms with Crippen LogP contribution in [0.5, 0.6) is 0 Å². The summed E-state index contributed by atoms with van der Waals surface area (Å²) in [7, 11) is 0. The van der Waals surface area contributed by atoms with Gasteiger partial charge in [-0.3, -0.25) is 14.1 Å². The fourth-order valence-electron chi connectivity index (χ4n) is 5.50. The summed E-state index contributed by atoms with van der Waals surface area (Å²) < 4.78 is 15.9. The van der Waals surface area contributed by atoms with Gasteiger partial charge < -0.3 is 10.2 Å². The summed E-state index contributed by atoms with van der Waals surface area (Å²) in [4.78, 5) is 35.6. The minimum atomic E-state index is -0.756. The van der Waals surface area contributed by atoms with Gasteiger partial charge >= 0.3 is 0 Å². The molecular weight excluding hydrogens is 495 g/mol. The lowest BCUT2D eigenvalue weighted by atomic mass is 10.1. The molecule has 4 heterocycles. The van der Waals surface area contributed by atoms with Gasteiger partial charge in [0.15, 0.2) is 17.3 Å². The monoisotopic (exact) mass is 528 g/mol. The molecule has 1 amide bonds. The van der Waals surface area contributed by atoms with Crippen LogP contribution in [0.25, 0.3) is 16.9 Å². The molecule has 0 radical (unpaired) electrons. The van der Waals surface area contributed by atoms with E-state index in [1.807, 2.05) is 30.3 Å². The number of anilines is 2. The number of carbonyl (C=O) groups excluding carboxylic acids is 1. The molecule has 6 rings (SSSR count). The first-order valence-corrected chi connectivity index (χ1v) is 13.6. The molecule has 202 valence electrons. The summed E-state index contributed by atoms with van der Waals surface area (Å²) in [6, 6.07) is 11.1. The standard InChI is InChI=1S/C29H33FN8O/c1-18(2)38(22-9-10-22)16-20-11-12-36(15-20)27-25(21-7-5-4-6-8-21)33-23(13-31-27)29(39)35-24-17-37-14-19(3)32-28(37)26(30)34-24/h4-8,13-14,17-18,20,22H,9-12,15-16H2,1-3H3,(H,35,39)/t20-/m1/s1. The molecule has 39 heavy (non-hydrogen) atoms. The number of hydrogen-bond donors (Lipinski definition) is 1. The molecule has 2 aliphatic rings. The molecule has 4 aromatic rings. The Labute approximate surface area is 227 Å². The van der Waals surface area contributed by atoms with Crippen LogP contribution in [-0.2, 0) is 0 Å². The number of rotatable bonds is 8. The lowest BCUT2D eigenvalue weighted by Crippen LogP contribution is -2.38. The largest absolute Gasteiger partial charge is 0.354 e. The summed E-state index contributed by atoms with van der Waals surface area (Å²) >= 11 is 0. The Morgan fingerprint density at radius 1 is 1.13 bits per heavy atom. The van der Waals surface area contributed by atoms with Crippen molar-refractivity contribution < 1.29 is 9.18 Å². The summed E-state index contributed by atoms with van der Waals surface area (Å²) in [5.41, 5.74) is 2.45. The molecule has 1 aliphatic carbocycles. The Kier molecular flexibility index (Phi) is 6.72. The molecule has 10 heteroatoms. The number of fused-ring (bicyclic) bond motifs is 1. The number of amides is 1. The zero-order valence-corrected chi connectivity index (χ0v) is 22.5. The highest BCUT2D eigenvalue weighted by Gasteiger charge is 2.35. The second-order valence-corrected chi connectivity index (χ2v) is 10.9. The smallest absolute Gasteiger partial charge is 0.277 e. The molecule has 1 atom stereocenters. The predicted molar refractivity (Wildman–Crippen MR) is 148 cm³/mol. The van der Waals surface area contributed by atoms with Crippen molar-refractivity contribution in [3.63, 3.8) is 0 Å².